The van der Waals surface area contributed by atoms with Crippen molar-refractivity contribution in [1.29, 1.82) is 0 Å². The van der Waals surface area contributed by atoms with Gasteiger partial charge in [0.25, 0.3) is 0 Å². The second-order valence-electron chi connectivity index (χ2n) is 1.83. The molecule has 0 amide bonds. The standard InChI is InChI=1S/C7H13I/c1-3-5-7(4-2)6-8/h4H,3,5-6H2,1-2H3/b7-4-. The van der Waals surface area contributed by atoms with E-state index in [9.17, 15) is 0 Å². The maximum absolute atomic E-state index is 2.40. The molecule has 0 atom stereocenters. The van der Waals surface area contributed by atoms with Crippen LogP contribution in [0.5, 0.6) is 0 Å². The Balaban J connectivity index is 3.38. The largest absolute Gasteiger partial charge is 0.0877 e. The molecule has 0 saturated carbocycles. The van der Waals surface area contributed by atoms with Crippen LogP contribution in [0.15, 0.2) is 11.6 Å². The van der Waals surface area contributed by atoms with Crippen molar-refractivity contribution < 1.29 is 0 Å². The number of rotatable bonds is 3. The predicted octanol–water partition coefficient (Wildman–Crippen LogP) is 3.17. The summed E-state index contributed by atoms with van der Waals surface area (Å²) in [5.74, 6) is 0. The van der Waals surface area contributed by atoms with Crippen molar-refractivity contribution in [3.8, 4) is 0 Å². The molecule has 8 heavy (non-hydrogen) atoms. The van der Waals surface area contributed by atoms with E-state index in [4.69, 9.17) is 0 Å². The third-order valence-corrected chi connectivity index (χ3v) is 2.13. The Labute approximate surface area is 65.5 Å². The smallest absolute Gasteiger partial charge is 0.0205 e. The maximum Gasteiger partial charge on any atom is 0.0205 e. The van der Waals surface area contributed by atoms with Gasteiger partial charge >= 0.3 is 0 Å². The number of hydrogen-bond acceptors (Lipinski definition) is 0. The Bertz CT molecular complexity index is 74.5. The lowest BCUT2D eigenvalue weighted by Crippen LogP contribution is -1.80. The Morgan fingerprint density at radius 1 is 1.62 bits per heavy atom. The Morgan fingerprint density at radius 2 is 2.25 bits per heavy atom. The van der Waals surface area contributed by atoms with Gasteiger partial charge in [0, 0.05) is 4.43 Å². The van der Waals surface area contributed by atoms with Gasteiger partial charge in [0.1, 0.15) is 0 Å². The summed E-state index contributed by atoms with van der Waals surface area (Å²) in [7, 11) is 0. The van der Waals surface area contributed by atoms with Crippen molar-refractivity contribution in [2.24, 2.45) is 0 Å². The first-order valence-electron chi connectivity index (χ1n) is 3.05. The lowest BCUT2D eigenvalue weighted by molar-refractivity contribution is 0.910. The highest BCUT2D eigenvalue weighted by Crippen LogP contribution is 2.06. The first-order chi connectivity index (χ1) is 3.85. The molecule has 0 unspecified atom stereocenters. The molecule has 0 spiro atoms. The Kier molecular flexibility index (Phi) is 5.93. The highest BCUT2D eigenvalue weighted by molar-refractivity contribution is 14.1. The molecule has 0 aliphatic rings. The van der Waals surface area contributed by atoms with Gasteiger partial charge in [-0.3, -0.25) is 0 Å². The van der Waals surface area contributed by atoms with Crippen molar-refractivity contribution in [2.75, 3.05) is 4.43 Å². The monoisotopic (exact) mass is 224 g/mol. The molecule has 0 rings (SSSR count). The van der Waals surface area contributed by atoms with Crippen molar-refractivity contribution >= 4 is 22.6 Å². The first kappa shape index (κ1) is 8.47. The molecule has 0 radical (unpaired) electrons. The van der Waals surface area contributed by atoms with Crippen LogP contribution in [0, 0.1) is 0 Å². The summed E-state index contributed by atoms with van der Waals surface area (Å²) >= 11 is 2.40. The average molecular weight is 224 g/mol. The van der Waals surface area contributed by atoms with E-state index in [0.29, 0.717) is 0 Å². The van der Waals surface area contributed by atoms with Crippen LogP contribution in [-0.2, 0) is 0 Å². The summed E-state index contributed by atoms with van der Waals surface area (Å²) in [6, 6.07) is 0. The van der Waals surface area contributed by atoms with Crippen LogP contribution >= 0.6 is 22.6 Å². The molecule has 0 aromatic carbocycles. The summed E-state index contributed by atoms with van der Waals surface area (Å²) < 4.78 is 1.20. The zero-order valence-electron chi connectivity index (χ0n) is 5.58. The molecule has 48 valence electrons. The summed E-state index contributed by atoms with van der Waals surface area (Å²) in [6.45, 7) is 4.33. The lowest BCUT2D eigenvalue weighted by atomic mass is 10.2. The zero-order valence-corrected chi connectivity index (χ0v) is 7.73. The minimum Gasteiger partial charge on any atom is -0.0877 e. The minimum atomic E-state index is 1.20. The zero-order chi connectivity index (χ0) is 6.41. The van der Waals surface area contributed by atoms with Crippen molar-refractivity contribution in [3.63, 3.8) is 0 Å². The van der Waals surface area contributed by atoms with Crippen LogP contribution < -0.4 is 0 Å². The first-order valence-corrected chi connectivity index (χ1v) is 4.57. The average Bonchev–Trinajstić information content (AvgIpc) is 1.83. The molecular formula is C7H13I. The van der Waals surface area contributed by atoms with Crippen molar-refractivity contribution in [3.05, 3.63) is 11.6 Å². The molecule has 0 fully saturated rings. The lowest BCUT2D eigenvalue weighted by Gasteiger charge is -1.96. The van der Waals surface area contributed by atoms with Crippen LogP contribution in [0.4, 0.5) is 0 Å². The predicted molar refractivity (Wildman–Crippen MR) is 47.6 cm³/mol. The summed E-state index contributed by atoms with van der Waals surface area (Å²) in [5, 5.41) is 0. The number of hydrogen-bond donors (Lipinski definition) is 0. The van der Waals surface area contributed by atoms with Crippen LogP contribution in [0.3, 0.4) is 0 Å². The van der Waals surface area contributed by atoms with Gasteiger partial charge in [0.2, 0.25) is 0 Å². The molecule has 0 aliphatic heterocycles. The van der Waals surface area contributed by atoms with Crippen LogP contribution in [-0.4, -0.2) is 4.43 Å². The fourth-order valence-corrected chi connectivity index (χ4v) is 1.43. The molecule has 1 heteroatoms. The van der Waals surface area contributed by atoms with E-state index >= 15 is 0 Å². The fourth-order valence-electron chi connectivity index (χ4n) is 0.609. The normalized spacial score (nSPS) is 12.1. The van der Waals surface area contributed by atoms with Crippen LogP contribution in [0.2, 0.25) is 0 Å². The van der Waals surface area contributed by atoms with Gasteiger partial charge in [-0.2, -0.15) is 0 Å². The maximum atomic E-state index is 2.40. The summed E-state index contributed by atoms with van der Waals surface area (Å²) in [6.07, 6.45) is 4.78. The summed E-state index contributed by atoms with van der Waals surface area (Å²) in [5.41, 5.74) is 1.58. The number of allylic oxidation sites excluding steroid dienone is 2. The molecule has 0 aromatic rings. The summed E-state index contributed by atoms with van der Waals surface area (Å²) in [4.78, 5) is 0. The molecule has 0 saturated heterocycles. The van der Waals surface area contributed by atoms with Gasteiger partial charge in [-0.15, -0.1) is 0 Å². The second kappa shape index (κ2) is 5.60. The molecule has 0 nitrogen and oxygen atoms in total. The number of halogens is 1. The quantitative estimate of drug-likeness (QED) is 0.392. The highest BCUT2D eigenvalue weighted by Gasteiger charge is 1.87. The minimum absolute atomic E-state index is 1.20. The fraction of sp³-hybridized carbons (Fsp3) is 0.714. The van der Waals surface area contributed by atoms with E-state index in [1.165, 1.54) is 17.3 Å². The van der Waals surface area contributed by atoms with Gasteiger partial charge in [0.15, 0.2) is 0 Å². The number of alkyl halides is 1. The third-order valence-electron chi connectivity index (χ3n) is 1.15. The SMILES string of the molecule is C/C=C(\CI)CCC. The van der Waals surface area contributed by atoms with Gasteiger partial charge < -0.3 is 0 Å². The van der Waals surface area contributed by atoms with Crippen LogP contribution in [0.25, 0.3) is 0 Å². The third kappa shape index (κ3) is 3.47. The molecular weight excluding hydrogens is 211 g/mol. The van der Waals surface area contributed by atoms with E-state index < -0.39 is 0 Å². The Morgan fingerprint density at radius 3 is 2.38 bits per heavy atom. The van der Waals surface area contributed by atoms with Gasteiger partial charge in [-0.1, -0.05) is 47.6 Å². The molecule has 0 bridgehead atoms. The molecule has 0 aliphatic carbocycles. The van der Waals surface area contributed by atoms with Crippen molar-refractivity contribution in [1.82, 2.24) is 0 Å². The molecule has 0 N–H and O–H groups in total. The van der Waals surface area contributed by atoms with E-state index in [2.05, 4.69) is 42.5 Å². The topological polar surface area (TPSA) is 0 Å². The molecule has 0 heterocycles. The van der Waals surface area contributed by atoms with Gasteiger partial charge in [0.05, 0.1) is 0 Å². The van der Waals surface area contributed by atoms with Gasteiger partial charge in [-0.05, 0) is 13.3 Å². The van der Waals surface area contributed by atoms with E-state index in [1.54, 1.807) is 5.57 Å². The van der Waals surface area contributed by atoms with Crippen LogP contribution in [0.1, 0.15) is 26.7 Å². The Hall–Kier alpha value is 0.470. The molecule has 0 aromatic heterocycles. The van der Waals surface area contributed by atoms with Crippen molar-refractivity contribution in [2.45, 2.75) is 26.7 Å². The second-order valence-corrected chi connectivity index (χ2v) is 2.59. The van der Waals surface area contributed by atoms with E-state index in [-0.39, 0.29) is 0 Å². The van der Waals surface area contributed by atoms with E-state index in [1.807, 2.05) is 0 Å². The highest BCUT2D eigenvalue weighted by atomic mass is 127. The van der Waals surface area contributed by atoms with Gasteiger partial charge in [-0.25, -0.2) is 0 Å². The van der Waals surface area contributed by atoms with E-state index in [0.717, 1.165) is 0 Å².